The molecule has 1 aromatic carbocycles. The molecule has 8 heteroatoms. The Labute approximate surface area is 172 Å². The van der Waals surface area contributed by atoms with E-state index in [9.17, 15) is 5.11 Å². The largest absolute Gasteiger partial charge is 0.369 e. The first kappa shape index (κ1) is 18.6. The minimum Gasteiger partial charge on any atom is -0.369 e. The van der Waals surface area contributed by atoms with Crippen molar-refractivity contribution in [3.63, 3.8) is 0 Å². The van der Waals surface area contributed by atoms with Gasteiger partial charge < -0.3 is 20.2 Å². The minimum absolute atomic E-state index is 0.726. The number of nitrogens with zero attached hydrogens (tertiary/aromatic N) is 5. The SMILES string of the molecule is OC(Nc1ccc(Br)cc1N1CCN(c2cnccn2)CC1)c1cccnc1. The van der Waals surface area contributed by atoms with Crippen LogP contribution in [0.2, 0.25) is 0 Å². The highest BCUT2D eigenvalue weighted by Gasteiger charge is 2.21. The van der Waals surface area contributed by atoms with Gasteiger partial charge in [0.1, 0.15) is 5.82 Å². The summed E-state index contributed by atoms with van der Waals surface area (Å²) in [6, 6.07) is 9.69. The summed E-state index contributed by atoms with van der Waals surface area (Å²) in [6.45, 7) is 3.42. The molecule has 1 saturated heterocycles. The van der Waals surface area contributed by atoms with Crippen LogP contribution in [-0.2, 0) is 0 Å². The van der Waals surface area contributed by atoms with Crippen molar-refractivity contribution in [2.75, 3.05) is 41.3 Å². The highest BCUT2D eigenvalue weighted by atomic mass is 79.9. The van der Waals surface area contributed by atoms with Crippen LogP contribution in [-0.4, -0.2) is 46.2 Å². The lowest BCUT2D eigenvalue weighted by Crippen LogP contribution is -2.47. The number of hydrogen-bond donors (Lipinski definition) is 2. The van der Waals surface area contributed by atoms with E-state index in [-0.39, 0.29) is 0 Å². The Kier molecular flexibility index (Phi) is 5.68. The van der Waals surface area contributed by atoms with Gasteiger partial charge in [-0.15, -0.1) is 0 Å². The molecule has 1 atom stereocenters. The molecule has 2 N–H and O–H groups in total. The van der Waals surface area contributed by atoms with Gasteiger partial charge >= 0.3 is 0 Å². The van der Waals surface area contributed by atoms with E-state index in [0.717, 1.165) is 53.4 Å². The second kappa shape index (κ2) is 8.53. The topological polar surface area (TPSA) is 77.4 Å². The van der Waals surface area contributed by atoms with Gasteiger partial charge in [0.05, 0.1) is 17.6 Å². The van der Waals surface area contributed by atoms with E-state index in [2.05, 4.69) is 52.1 Å². The third kappa shape index (κ3) is 4.23. The van der Waals surface area contributed by atoms with E-state index in [1.807, 2.05) is 24.3 Å². The summed E-state index contributed by atoms with van der Waals surface area (Å²) in [5.41, 5.74) is 2.66. The third-order valence-electron chi connectivity index (χ3n) is 4.75. The summed E-state index contributed by atoms with van der Waals surface area (Å²) in [4.78, 5) is 17.2. The normalized spacial score (nSPS) is 15.4. The number of aliphatic hydroxyl groups excluding tert-OH is 1. The number of aliphatic hydroxyl groups is 1. The lowest BCUT2D eigenvalue weighted by atomic mass is 10.2. The van der Waals surface area contributed by atoms with Gasteiger partial charge in [-0.25, -0.2) is 4.98 Å². The fourth-order valence-corrected chi connectivity index (χ4v) is 3.64. The number of piperazine rings is 1. The Morgan fingerprint density at radius 3 is 2.46 bits per heavy atom. The van der Waals surface area contributed by atoms with E-state index >= 15 is 0 Å². The van der Waals surface area contributed by atoms with Crippen LogP contribution in [0.3, 0.4) is 0 Å². The predicted molar refractivity (Wildman–Crippen MR) is 113 cm³/mol. The minimum atomic E-state index is -0.825. The van der Waals surface area contributed by atoms with Gasteiger partial charge in [0.15, 0.2) is 6.23 Å². The van der Waals surface area contributed by atoms with Gasteiger partial charge in [-0.1, -0.05) is 22.0 Å². The molecular formula is C20H21BrN6O. The number of halogens is 1. The molecule has 1 aliphatic rings. The zero-order valence-corrected chi connectivity index (χ0v) is 16.8. The van der Waals surface area contributed by atoms with E-state index in [1.54, 1.807) is 31.0 Å². The maximum atomic E-state index is 10.6. The van der Waals surface area contributed by atoms with Gasteiger partial charge in [-0.3, -0.25) is 9.97 Å². The van der Waals surface area contributed by atoms with Gasteiger partial charge in [-0.2, -0.15) is 0 Å². The smallest absolute Gasteiger partial charge is 0.152 e. The van der Waals surface area contributed by atoms with Crippen LogP contribution in [0, 0.1) is 0 Å². The molecule has 4 rings (SSSR count). The maximum Gasteiger partial charge on any atom is 0.152 e. The fourth-order valence-electron chi connectivity index (χ4n) is 3.29. The van der Waals surface area contributed by atoms with E-state index < -0.39 is 6.23 Å². The van der Waals surface area contributed by atoms with E-state index in [4.69, 9.17) is 0 Å². The second-order valence-corrected chi connectivity index (χ2v) is 7.45. The predicted octanol–water partition coefficient (Wildman–Crippen LogP) is 3.06. The maximum absolute atomic E-state index is 10.6. The molecule has 7 nitrogen and oxygen atoms in total. The first-order chi connectivity index (χ1) is 13.7. The molecular weight excluding hydrogens is 420 g/mol. The average molecular weight is 441 g/mol. The molecule has 2 aromatic heterocycles. The summed E-state index contributed by atoms with van der Waals surface area (Å²) in [5.74, 6) is 0.904. The number of rotatable bonds is 5. The monoisotopic (exact) mass is 440 g/mol. The van der Waals surface area contributed by atoms with Crippen molar-refractivity contribution in [2.45, 2.75) is 6.23 Å². The summed E-state index contributed by atoms with van der Waals surface area (Å²) in [5, 5.41) is 13.8. The first-order valence-corrected chi connectivity index (χ1v) is 9.90. The van der Waals surface area contributed by atoms with Crippen molar-refractivity contribution in [3.8, 4) is 0 Å². The fraction of sp³-hybridized carbons (Fsp3) is 0.250. The molecule has 144 valence electrons. The van der Waals surface area contributed by atoms with Gasteiger partial charge in [0.25, 0.3) is 0 Å². The number of aromatic nitrogens is 3. The molecule has 3 heterocycles. The zero-order valence-electron chi connectivity index (χ0n) is 15.2. The molecule has 0 saturated carbocycles. The highest BCUT2D eigenvalue weighted by Crippen LogP contribution is 2.32. The summed E-state index contributed by atoms with van der Waals surface area (Å²) >= 11 is 3.57. The Morgan fingerprint density at radius 1 is 0.964 bits per heavy atom. The molecule has 0 bridgehead atoms. The zero-order chi connectivity index (χ0) is 19.3. The van der Waals surface area contributed by atoms with E-state index in [0.29, 0.717) is 0 Å². The molecule has 1 aliphatic heterocycles. The third-order valence-corrected chi connectivity index (χ3v) is 5.24. The van der Waals surface area contributed by atoms with Crippen molar-refractivity contribution >= 4 is 33.1 Å². The molecule has 28 heavy (non-hydrogen) atoms. The number of nitrogens with one attached hydrogen (secondary N) is 1. The lowest BCUT2D eigenvalue weighted by Gasteiger charge is -2.37. The van der Waals surface area contributed by atoms with Crippen LogP contribution >= 0.6 is 15.9 Å². The number of anilines is 3. The van der Waals surface area contributed by atoms with E-state index in [1.165, 1.54) is 0 Å². The molecule has 0 aliphatic carbocycles. The molecule has 1 unspecified atom stereocenters. The number of hydrogen-bond acceptors (Lipinski definition) is 7. The Morgan fingerprint density at radius 2 is 1.75 bits per heavy atom. The van der Waals surface area contributed by atoms with Crippen LogP contribution in [0.25, 0.3) is 0 Å². The van der Waals surface area contributed by atoms with Crippen LogP contribution < -0.4 is 15.1 Å². The Balaban J connectivity index is 1.49. The first-order valence-electron chi connectivity index (χ1n) is 9.11. The average Bonchev–Trinajstić information content (AvgIpc) is 2.76. The summed E-state index contributed by atoms with van der Waals surface area (Å²) in [7, 11) is 0. The molecule has 3 aromatic rings. The summed E-state index contributed by atoms with van der Waals surface area (Å²) < 4.78 is 1.00. The van der Waals surface area contributed by atoms with Crippen LogP contribution in [0.15, 0.2) is 65.8 Å². The standard InChI is InChI=1S/C20H21BrN6O/c21-16-3-4-17(25-20(28)15-2-1-5-22-13-15)18(12-16)26-8-10-27(11-9-26)19-14-23-6-7-24-19/h1-7,12-14,20,25,28H,8-11H2. The number of pyridine rings is 1. The van der Waals surface area contributed by atoms with Gasteiger partial charge in [-0.05, 0) is 24.3 Å². The van der Waals surface area contributed by atoms with Crippen LogP contribution in [0.5, 0.6) is 0 Å². The molecule has 0 amide bonds. The van der Waals surface area contributed by atoms with Crippen molar-refractivity contribution in [1.29, 1.82) is 0 Å². The van der Waals surface area contributed by atoms with Crippen molar-refractivity contribution in [2.24, 2.45) is 0 Å². The van der Waals surface area contributed by atoms with Crippen molar-refractivity contribution < 1.29 is 5.11 Å². The Bertz CT molecular complexity index is 903. The van der Waals surface area contributed by atoms with Crippen molar-refractivity contribution in [3.05, 3.63) is 71.4 Å². The molecule has 0 spiro atoms. The second-order valence-electron chi connectivity index (χ2n) is 6.53. The number of benzene rings is 1. The molecule has 1 fully saturated rings. The quantitative estimate of drug-likeness (QED) is 0.590. The van der Waals surface area contributed by atoms with Gasteiger partial charge in [0.2, 0.25) is 0 Å². The molecule has 0 radical (unpaired) electrons. The summed E-state index contributed by atoms with van der Waals surface area (Å²) in [6.07, 6.45) is 7.74. The van der Waals surface area contributed by atoms with Crippen LogP contribution in [0.4, 0.5) is 17.2 Å². The Hall–Kier alpha value is -2.71. The highest BCUT2D eigenvalue weighted by molar-refractivity contribution is 9.10. The van der Waals surface area contributed by atoms with Gasteiger partial charge in [0, 0.05) is 61.0 Å². The van der Waals surface area contributed by atoms with Crippen molar-refractivity contribution in [1.82, 2.24) is 15.0 Å². The lowest BCUT2D eigenvalue weighted by molar-refractivity contribution is 0.208. The van der Waals surface area contributed by atoms with Crippen LogP contribution in [0.1, 0.15) is 11.8 Å².